The second kappa shape index (κ2) is 3.77. The van der Waals surface area contributed by atoms with Gasteiger partial charge in [0.1, 0.15) is 5.69 Å². The van der Waals surface area contributed by atoms with E-state index in [0.717, 1.165) is 25.7 Å². The maximum atomic E-state index is 11.9. The van der Waals surface area contributed by atoms with Crippen LogP contribution < -0.4 is 5.73 Å². The van der Waals surface area contributed by atoms with Gasteiger partial charge in [0.15, 0.2) is 5.78 Å². The zero-order valence-corrected chi connectivity index (χ0v) is 9.07. The molecule has 1 saturated carbocycles. The molecule has 1 aromatic heterocycles. The van der Waals surface area contributed by atoms with Gasteiger partial charge in [0.2, 0.25) is 0 Å². The maximum absolute atomic E-state index is 11.9. The van der Waals surface area contributed by atoms with E-state index in [0.29, 0.717) is 12.1 Å². The van der Waals surface area contributed by atoms with E-state index in [4.69, 9.17) is 5.73 Å². The van der Waals surface area contributed by atoms with Gasteiger partial charge in [0, 0.05) is 25.2 Å². The Morgan fingerprint density at radius 2 is 2.27 bits per heavy atom. The summed E-state index contributed by atoms with van der Waals surface area (Å²) in [6, 6.07) is 1.75. The molecule has 82 valence electrons. The summed E-state index contributed by atoms with van der Waals surface area (Å²) in [7, 11) is 1.78. The summed E-state index contributed by atoms with van der Waals surface area (Å²) >= 11 is 0. The van der Waals surface area contributed by atoms with Crippen molar-refractivity contribution in [1.82, 2.24) is 9.78 Å². The highest BCUT2D eigenvalue weighted by molar-refractivity contribution is 5.95. The Bertz CT molecular complexity index is 364. The van der Waals surface area contributed by atoms with Gasteiger partial charge in [0.25, 0.3) is 0 Å². The van der Waals surface area contributed by atoms with Gasteiger partial charge in [-0.3, -0.25) is 9.48 Å². The van der Waals surface area contributed by atoms with Crippen LogP contribution >= 0.6 is 0 Å². The van der Waals surface area contributed by atoms with Gasteiger partial charge in [0.05, 0.1) is 0 Å². The molecule has 0 unspecified atom stereocenters. The largest absolute Gasteiger partial charge is 0.325 e. The number of nitrogens with two attached hydrogens (primary N) is 1. The number of hydrogen-bond donors (Lipinski definition) is 1. The lowest BCUT2D eigenvalue weighted by molar-refractivity contribution is 0.0943. The van der Waals surface area contributed by atoms with Gasteiger partial charge in [-0.2, -0.15) is 5.10 Å². The number of hydrogen-bond acceptors (Lipinski definition) is 3. The van der Waals surface area contributed by atoms with Crippen molar-refractivity contribution in [2.24, 2.45) is 12.8 Å². The summed E-state index contributed by atoms with van der Waals surface area (Å²) in [5.41, 5.74) is 6.56. The fraction of sp³-hybridized carbons (Fsp3) is 0.636. The predicted molar refractivity (Wildman–Crippen MR) is 57.5 cm³/mol. The predicted octanol–water partition coefficient (Wildman–Crippen LogP) is 1.26. The molecule has 1 aliphatic carbocycles. The monoisotopic (exact) mass is 207 g/mol. The molecule has 2 rings (SSSR count). The highest BCUT2D eigenvalue weighted by Gasteiger charge is 2.32. The lowest BCUT2D eigenvalue weighted by atomic mass is 9.91. The fourth-order valence-electron chi connectivity index (χ4n) is 2.31. The molecule has 2 N–H and O–H groups in total. The Labute approximate surface area is 89.5 Å². The van der Waals surface area contributed by atoms with E-state index in [1.807, 2.05) is 0 Å². The average Bonchev–Trinajstić information content (AvgIpc) is 2.74. The van der Waals surface area contributed by atoms with Crippen LogP contribution in [0.25, 0.3) is 0 Å². The molecule has 4 nitrogen and oxygen atoms in total. The number of ketones is 1. The number of aryl methyl sites for hydroxylation is 1. The van der Waals surface area contributed by atoms with Crippen molar-refractivity contribution in [3.05, 3.63) is 18.0 Å². The van der Waals surface area contributed by atoms with Crippen molar-refractivity contribution < 1.29 is 4.79 Å². The molecular weight excluding hydrogens is 190 g/mol. The first-order valence-corrected chi connectivity index (χ1v) is 5.41. The van der Waals surface area contributed by atoms with Crippen LogP contribution in [0.15, 0.2) is 12.3 Å². The first-order valence-electron chi connectivity index (χ1n) is 5.41. The first-order chi connectivity index (χ1) is 7.11. The zero-order chi connectivity index (χ0) is 10.9. The molecule has 1 fully saturated rings. The standard InChI is InChI=1S/C11H17N3O/c1-14-9(4-7-13-14)10(15)8-11(12)5-2-3-6-11/h4,7H,2-3,5-6,8,12H2,1H3. The average molecular weight is 207 g/mol. The highest BCUT2D eigenvalue weighted by atomic mass is 16.1. The second-order valence-corrected chi connectivity index (χ2v) is 4.51. The summed E-state index contributed by atoms with van der Waals surface area (Å²) < 4.78 is 1.61. The number of nitrogens with zero attached hydrogens (tertiary/aromatic N) is 2. The molecule has 1 aromatic rings. The summed E-state index contributed by atoms with van der Waals surface area (Å²) in [6.07, 6.45) is 6.33. The Kier molecular flexibility index (Phi) is 2.61. The van der Waals surface area contributed by atoms with Crippen LogP contribution in [0.1, 0.15) is 42.6 Å². The van der Waals surface area contributed by atoms with Crippen molar-refractivity contribution in [3.8, 4) is 0 Å². The van der Waals surface area contributed by atoms with E-state index in [1.54, 1.807) is 24.0 Å². The van der Waals surface area contributed by atoms with E-state index >= 15 is 0 Å². The molecule has 0 spiro atoms. The second-order valence-electron chi connectivity index (χ2n) is 4.51. The number of carbonyl (C=O) groups excluding carboxylic acids is 1. The third kappa shape index (κ3) is 2.09. The Balaban J connectivity index is 2.07. The van der Waals surface area contributed by atoms with Crippen molar-refractivity contribution in [3.63, 3.8) is 0 Å². The van der Waals surface area contributed by atoms with Gasteiger partial charge in [-0.1, -0.05) is 12.8 Å². The fourth-order valence-corrected chi connectivity index (χ4v) is 2.31. The van der Waals surface area contributed by atoms with Crippen molar-refractivity contribution >= 4 is 5.78 Å². The van der Waals surface area contributed by atoms with Gasteiger partial charge in [-0.05, 0) is 18.9 Å². The summed E-state index contributed by atoms with van der Waals surface area (Å²) in [6.45, 7) is 0. The van der Waals surface area contributed by atoms with E-state index in [9.17, 15) is 4.79 Å². The topological polar surface area (TPSA) is 60.9 Å². The summed E-state index contributed by atoms with van der Waals surface area (Å²) in [5.74, 6) is 0.111. The quantitative estimate of drug-likeness (QED) is 0.759. The van der Waals surface area contributed by atoms with E-state index in [1.165, 1.54) is 0 Å². The SMILES string of the molecule is Cn1nccc1C(=O)CC1(N)CCCC1. The maximum Gasteiger partial charge on any atom is 0.182 e. The highest BCUT2D eigenvalue weighted by Crippen LogP contribution is 2.30. The molecule has 0 aromatic carbocycles. The van der Waals surface area contributed by atoms with Crippen LogP contribution in [0, 0.1) is 0 Å². The van der Waals surface area contributed by atoms with Crippen molar-refractivity contribution in [1.29, 1.82) is 0 Å². The molecule has 0 atom stereocenters. The third-order valence-electron chi connectivity index (χ3n) is 3.22. The van der Waals surface area contributed by atoms with Crippen molar-refractivity contribution in [2.45, 2.75) is 37.6 Å². The Hall–Kier alpha value is -1.16. The van der Waals surface area contributed by atoms with Crippen LogP contribution in [0.2, 0.25) is 0 Å². The van der Waals surface area contributed by atoms with Crippen molar-refractivity contribution in [2.75, 3.05) is 0 Å². The molecule has 0 bridgehead atoms. The molecule has 0 amide bonds. The summed E-state index contributed by atoms with van der Waals surface area (Å²) in [4.78, 5) is 11.9. The summed E-state index contributed by atoms with van der Waals surface area (Å²) in [5, 5.41) is 3.99. The van der Waals surface area contributed by atoms with Gasteiger partial charge in [-0.15, -0.1) is 0 Å². The zero-order valence-electron chi connectivity index (χ0n) is 9.07. The minimum atomic E-state index is -0.263. The Morgan fingerprint density at radius 1 is 1.60 bits per heavy atom. The van der Waals surface area contributed by atoms with E-state index in [2.05, 4.69) is 5.10 Å². The van der Waals surface area contributed by atoms with E-state index < -0.39 is 0 Å². The number of Topliss-reactive ketones (excluding diaryl/α,β-unsaturated/α-hetero) is 1. The third-order valence-corrected chi connectivity index (χ3v) is 3.22. The van der Waals surface area contributed by atoms with Gasteiger partial charge < -0.3 is 5.73 Å². The van der Waals surface area contributed by atoms with Crippen LogP contribution in [0.3, 0.4) is 0 Å². The van der Waals surface area contributed by atoms with Gasteiger partial charge >= 0.3 is 0 Å². The van der Waals surface area contributed by atoms with Crippen LogP contribution in [0.4, 0.5) is 0 Å². The van der Waals surface area contributed by atoms with E-state index in [-0.39, 0.29) is 11.3 Å². The molecule has 15 heavy (non-hydrogen) atoms. The Morgan fingerprint density at radius 3 is 2.80 bits per heavy atom. The molecule has 4 heteroatoms. The van der Waals surface area contributed by atoms with Crippen LogP contribution in [0.5, 0.6) is 0 Å². The minimum absolute atomic E-state index is 0.111. The number of aromatic nitrogens is 2. The molecule has 1 heterocycles. The molecule has 0 radical (unpaired) electrons. The lowest BCUT2D eigenvalue weighted by Gasteiger charge is -2.22. The molecule has 1 aliphatic rings. The molecule has 0 aliphatic heterocycles. The number of carbonyl (C=O) groups is 1. The normalized spacial score (nSPS) is 19.3. The van der Waals surface area contributed by atoms with Crippen LogP contribution in [-0.2, 0) is 7.05 Å². The number of rotatable bonds is 3. The van der Waals surface area contributed by atoms with Crippen LogP contribution in [-0.4, -0.2) is 21.1 Å². The smallest absolute Gasteiger partial charge is 0.182 e. The lowest BCUT2D eigenvalue weighted by Crippen LogP contribution is -2.39. The minimum Gasteiger partial charge on any atom is -0.325 e. The molecule has 0 saturated heterocycles. The van der Waals surface area contributed by atoms with Gasteiger partial charge in [-0.25, -0.2) is 0 Å². The first kappa shape index (κ1) is 10.4. The molecular formula is C11H17N3O.